The molecule has 2 rings (SSSR count). The molecular weight excluding hydrogens is 276 g/mol. The number of epoxide rings is 1. The Morgan fingerprint density at radius 3 is 2.50 bits per heavy atom. The lowest BCUT2D eigenvalue weighted by Crippen LogP contribution is -2.52. The number of allylic oxidation sites excluding steroid dienone is 2. The third-order valence-electron chi connectivity index (χ3n) is 5.20. The van der Waals surface area contributed by atoms with Crippen molar-refractivity contribution in [2.75, 3.05) is 13.7 Å². The third kappa shape index (κ3) is 4.12. The summed E-state index contributed by atoms with van der Waals surface area (Å²) in [6.07, 6.45) is 7.44. The van der Waals surface area contributed by atoms with E-state index in [1.54, 1.807) is 0 Å². The van der Waals surface area contributed by atoms with Crippen molar-refractivity contribution in [2.24, 2.45) is 11.8 Å². The van der Waals surface area contributed by atoms with Crippen molar-refractivity contribution in [3.63, 3.8) is 0 Å². The fourth-order valence-corrected chi connectivity index (χ4v) is 4.13. The first kappa shape index (κ1) is 18.0. The second kappa shape index (κ2) is 7.46. The van der Waals surface area contributed by atoms with Crippen LogP contribution in [0.2, 0.25) is 0 Å². The van der Waals surface area contributed by atoms with Gasteiger partial charge in [0.15, 0.2) is 0 Å². The summed E-state index contributed by atoms with van der Waals surface area (Å²) in [5.41, 5.74) is 1.47. The number of hydrogen-bond acceptors (Lipinski definition) is 3. The minimum Gasteiger partial charge on any atom is -0.378 e. The summed E-state index contributed by atoms with van der Waals surface area (Å²) in [6.45, 7) is 11.8. The largest absolute Gasteiger partial charge is 0.378 e. The standard InChI is InChI=1S/C19H34O3/c1-13(2)8-7-9-15(5)17-18(20-6)16(22-14(3)4)10-11-19(17)12-21-19/h8,14-18H,7,9-12H2,1-6H3/t15-,16?,17?,18?,19+/m1/s1. The van der Waals surface area contributed by atoms with E-state index in [1.165, 1.54) is 12.0 Å². The number of hydrogen-bond donors (Lipinski definition) is 0. The summed E-state index contributed by atoms with van der Waals surface area (Å²) >= 11 is 0. The van der Waals surface area contributed by atoms with Gasteiger partial charge in [-0.1, -0.05) is 18.6 Å². The fraction of sp³-hybridized carbons (Fsp3) is 0.895. The maximum absolute atomic E-state index is 6.15. The molecule has 2 aliphatic rings. The molecule has 2 fully saturated rings. The lowest BCUT2D eigenvalue weighted by Gasteiger charge is -2.44. The van der Waals surface area contributed by atoms with Gasteiger partial charge in [-0.2, -0.15) is 0 Å². The molecule has 1 aliphatic heterocycles. The zero-order valence-electron chi connectivity index (χ0n) is 15.2. The molecule has 0 aromatic rings. The fourth-order valence-electron chi connectivity index (χ4n) is 4.13. The van der Waals surface area contributed by atoms with Crippen LogP contribution in [-0.4, -0.2) is 37.6 Å². The molecule has 1 spiro atoms. The normalized spacial score (nSPS) is 35.7. The topological polar surface area (TPSA) is 31.0 Å². The smallest absolute Gasteiger partial charge is 0.0973 e. The van der Waals surface area contributed by atoms with Gasteiger partial charge in [0, 0.05) is 13.0 Å². The number of ether oxygens (including phenoxy) is 3. The molecule has 3 unspecified atom stereocenters. The third-order valence-corrected chi connectivity index (χ3v) is 5.20. The maximum atomic E-state index is 6.15. The molecule has 1 saturated carbocycles. The van der Waals surface area contributed by atoms with Crippen LogP contribution in [0.15, 0.2) is 11.6 Å². The van der Waals surface area contributed by atoms with Gasteiger partial charge in [-0.05, 0) is 59.3 Å². The Labute approximate surface area is 136 Å². The summed E-state index contributed by atoms with van der Waals surface area (Å²) in [7, 11) is 1.83. The Kier molecular flexibility index (Phi) is 6.09. The molecule has 5 atom stereocenters. The number of methoxy groups -OCH3 is 1. The predicted molar refractivity (Wildman–Crippen MR) is 90.0 cm³/mol. The van der Waals surface area contributed by atoms with E-state index in [-0.39, 0.29) is 23.9 Å². The van der Waals surface area contributed by atoms with Gasteiger partial charge in [-0.3, -0.25) is 0 Å². The highest BCUT2D eigenvalue weighted by molar-refractivity contribution is 5.08. The van der Waals surface area contributed by atoms with Crippen LogP contribution >= 0.6 is 0 Å². The van der Waals surface area contributed by atoms with Crippen molar-refractivity contribution < 1.29 is 14.2 Å². The Bertz CT molecular complexity index is 380. The Morgan fingerprint density at radius 1 is 1.32 bits per heavy atom. The van der Waals surface area contributed by atoms with Gasteiger partial charge in [0.2, 0.25) is 0 Å². The van der Waals surface area contributed by atoms with Gasteiger partial charge >= 0.3 is 0 Å². The first-order chi connectivity index (χ1) is 10.4. The second-order valence-electron chi connectivity index (χ2n) is 7.68. The highest BCUT2D eigenvalue weighted by Gasteiger charge is 2.60. The number of rotatable bonds is 7. The highest BCUT2D eigenvalue weighted by Crippen LogP contribution is 2.51. The van der Waals surface area contributed by atoms with Gasteiger partial charge < -0.3 is 14.2 Å². The Balaban J connectivity index is 2.07. The average molecular weight is 310 g/mol. The monoisotopic (exact) mass is 310 g/mol. The average Bonchev–Trinajstić information content (AvgIpc) is 3.19. The molecule has 0 aromatic carbocycles. The van der Waals surface area contributed by atoms with Gasteiger partial charge in [0.1, 0.15) is 0 Å². The van der Waals surface area contributed by atoms with Crippen LogP contribution in [0.5, 0.6) is 0 Å². The quantitative estimate of drug-likeness (QED) is 0.517. The molecule has 3 nitrogen and oxygen atoms in total. The lowest BCUT2D eigenvalue weighted by molar-refractivity contribution is -0.149. The van der Waals surface area contributed by atoms with E-state index < -0.39 is 0 Å². The van der Waals surface area contributed by atoms with E-state index >= 15 is 0 Å². The van der Waals surface area contributed by atoms with Crippen molar-refractivity contribution >= 4 is 0 Å². The van der Waals surface area contributed by atoms with E-state index in [0.29, 0.717) is 11.8 Å². The van der Waals surface area contributed by atoms with E-state index in [1.807, 2.05) is 7.11 Å². The Morgan fingerprint density at radius 2 is 2.00 bits per heavy atom. The van der Waals surface area contributed by atoms with Crippen molar-refractivity contribution in [3.8, 4) is 0 Å². The molecule has 1 aliphatic carbocycles. The predicted octanol–water partition coefficient (Wildman–Crippen LogP) is 4.36. The molecule has 22 heavy (non-hydrogen) atoms. The minimum atomic E-state index is 0.0713. The zero-order valence-corrected chi connectivity index (χ0v) is 15.2. The molecule has 1 saturated heterocycles. The van der Waals surface area contributed by atoms with Crippen LogP contribution < -0.4 is 0 Å². The van der Waals surface area contributed by atoms with Gasteiger partial charge in [0.05, 0.1) is 30.5 Å². The molecule has 3 heteroatoms. The van der Waals surface area contributed by atoms with Gasteiger partial charge in [-0.15, -0.1) is 0 Å². The van der Waals surface area contributed by atoms with Crippen LogP contribution in [0.4, 0.5) is 0 Å². The van der Waals surface area contributed by atoms with Crippen molar-refractivity contribution in [3.05, 3.63) is 11.6 Å². The van der Waals surface area contributed by atoms with Gasteiger partial charge in [0.25, 0.3) is 0 Å². The van der Waals surface area contributed by atoms with Crippen LogP contribution in [-0.2, 0) is 14.2 Å². The highest BCUT2D eigenvalue weighted by atomic mass is 16.6. The van der Waals surface area contributed by atoms with Crippen molar-refractivity contribution in [2.45, 2.75) is 84.2 Å². The molecule has 128 valence electrons. The molecule has 0 radical (unpaired) electrons. The summed E-state index contributed by atoms with van der Waals surface area (Å²) in [5.74, 6) is 1.03. The van der Waals surface area contributed by atoms with E-state index in [4.69, 9.17) is 14.2 Å². The van der Waals surface area contributed by atoms with E-state index in [2.05, 4.69) is 40.7 Å². The van der Waals surface area contributed by atoms with Crippen LogP contribution in [0, 0.1) is 11.8 Å². The minimum absolute atomic E-state index is 0.0713. The Hall–Kier alpha value is -0.380. The molecule has 1 heterocycles. The SMILES string of the molecule is COC1C(OC(C)C)CC[C@]2(CO2)C1[C@H](C)CCC=C(C)C. The second-order valence-corrected chi connectivity index (χ2v) is 7.68. The summed E-state index contributed by atoms with van der Waals surface area (Å²) in [4.78, 5) is 0. The summed E-state index contributed by atoms with van der Waals surface area (Å²) in [5, 5.41) is 0. The molecule has 0 bridgehead atoms. The first-order valence-electron chi connectivity index (χ1n) is 8.85. The van der Waals surface area contributed by atoms with Crippen molar-refractivity contribution in [1.82, 2.24) is 0 Å². The summed E-state index contributed by atoms with van der Waals surface area (Å²) < 4.78 is 18.0. The zero-order chi connectivity index (χ0) is 16.3. The molecule has 0 N–H and O–H groups in total. The molecular formula is C19H34O3. The van der Waals surface area contributed by atoms with Crippen LogP contribution in [0.3, 0.4) is 0 Å². The van der Waals surface area contributed by atoms with Crippen molar-refractivity contribution in [1.29, 1.82) is 0 Å². The van der Waals surface area contributed by atoms with Crippen LogP contribution in [0.1, 0.15) is 60.3 Å². The van der Waals surface area contributed by atoms with E-state index in [9.17, 15) is 0 Å². The maximum Gasteiger partial charge on any atom is 0.0973 e. The summed E-state index contributed by atoms with van der Waals surface area (Å²) in [6, 6.07) is 0. The van der Waals surface area contributed by atoms with Gasteiger partial charge in [-0.25, -0.2) is 0 Å². The first-order valence-corrected chi connectivity index (χ1v) is 8.85. The van der Waals surface area contributed by atoms with Crippen LogP contribution in [0.25, 0.3) is 0 Å². The lowest BCUT2D eigenvalue weighted by atomic mass is 9.68. The molecule has 0 amide bonds. The van der Waals surface area contributed by atoms with E-state index in [0.717, 1.165) is 25.9 Å². The molecule has 0 aromatic heterocycles.